The van der Waals surface area contributed by atoms with Gasteiger partial charge in [0, 0.05) is 0 Å². The molecule has 0 radical (unpaired) electrons. The largest absolute Gasteiger partial charge is 0.453 e. The number of hydrogen-bond acceptors (Lipinski definition) is 3. The van der Waals surface area contributed by atoms with E-state index < -0.39 is 5.24 Å². The molecule has 3 rings (SSSR count). The van der Waals surface area contributed by atoms with Gasteiger partial charge in [-0.3, -0.25) is 4.79 Å². The molecule has 0 aliphatic carbocycles. The highest BCUT2D eigenvalue weighted by atomic mass is 35.5. The van der Waals surface area contributed by atoms with Crippen molar-refractivity contribution in [1.29, 1.82) is 0 Å². The first-order valence-electron chi connectivity index (χ1n) is 5.12. The molecule has 3 nitrogen and oxygen atoms in total. The third-order valence-corrected chi connectivity index (χ3v) is 2.81. The van der Waals surface area contributed by atoms with E-state index in [1.165, 1.54) is 0 Å². The summed E-state index contributed by atoms with van der Waals surface area (Å²) in [6.45, 7) is 0. The van der Waals surface area contributed by atoms with Crippen LogP contribution in [0.4, 0.5) is 11.4 Å². The summed E-state index contributed by atoms with van der Waals surface area (Å²) in [5.74, 6) is 1.34. The molecule has 1 heterocycles. The molecule has 0 saturated heterocycles. The van der Waals surface area contributed by atoms with Gasteiger partial charge in [-0.15, -0.1) is 0 Å². The van der Waals surface area contributed by atoms with E-state index in [0.29, 0.717) is 17.0 Å². The van der Waals surface area contributed by atoms with Gasteiger partial charge in [0.15, 0.2) is 11.5 Å². The van der Waals surface area contributed by atoms with E-state index in [9.17, 15) is 4.79 Å². The lowest BCUT2D eigenvalue weighted by Gasteiger charge is -2.22. The minimum atomic E-state index is -0.502. The van der Waals surface area contributed by atoms with Gasteiger partial charge in [0.25, 0.3) is 5.24 Å². The number of rotatable bonds is 1. The number of benzene rings is 2. The van der Waals surface area contributed by atoms with Crippen LogP contribution in [-0.2, 0) is 0 Å². The number of nitrogens with one attached hydrogen (secondary N) is 1. The van der Waals surface area contributed by atoms with Gasteiger partial charge in [0.1, 0.15) is 0 Å². The minimum Gasteiger partial charge on any atom is -0.453 e. The van der Waals surface area contributed by atoms with Crippen molar-refractivity contribution in [2.75, 3.05) is 5.32 Å². The summed E-state index contributed by atoms with van der Waals surface area (Å²) < 4.78 is 5.69. The zero-order chi connectivity index (χ0) is 11.8. The zero-order valence-electron chi connectivity index (χ0n) is 8.74. The summed E-state index contributed by atoms with van der Waals surface area (Å²) in [6.07, 6.45) is 0. The van der Waals surface area contributed by atoms with Crippen LogP contribution in [0.2, 0.25) is 0 Å². The second-order valence-electron chi connectivity index (χ2n) is 3.68. The van der Waals surface area contributed by atoms with Crippen molar-refractivity contribution in [3.63, 3.8) is 0 Å². The Hall–Kier alpha value is -2.00. The standard InChI is InChI=1S/C13H8ClNO2/c14-13(16)8-4-3-7-11-12(8)15-9-5-1-2-6-10(9)17-11/h1-7,15H. The first-order chi connectivity index (χ1) is 8.25. The van der Waals surface area contributed by atoms with Crippen molar-refractivity contribution in [3.05, 3.63) is 48.0 Å². The minimum absolute atomic E-state index is 0.415. The summed E-state index contributed by atoms with van der Waals surface area (Å²) in [4.78, 5) is 11.3. The molecular weight excluding hydrogens is 238 g/mol. The van der Waals surface area contributed by atoms with Crippen LogP contribution >= 0.6 is 11.6 Å². The lowest BCUT2D eigenvalue weighted by atomic mass is 10.1. The van der Waals surface area contributed by atoms with Gasteiger partial charge in [0.05, 0.1) is 16.9 Å². The van der Waals surface area contributed by atoms with Crippen LogP contribution in [-0.4, -0.2) is 5.24 Å². The fourth-order valence-electron chi connectivity index (χ4n) is 1.82. The van der Waals surface area contributed by atoms with Gasteiger partial charge in [-0.1, -0.05) is 18.2 Å². The number of para-hydroxylation sites is 3. The first kappa shape index (κ1) is 10.2. The van der Waals surface area contributed by atoms with Crippen molar-refractivity contribution in [3.8, 4) is 11.5 Å². The van der Waals surface area contributed by atoms with Gasteiger partial charge in [0.2, 0.25) is 0 Å². The van der Waals surface area contributed by atoms with E-state index in [4.69, 9.17) is 16.3 Å². The van der Waals surface area contributed by atoms with Gasteiger partial charge < -0.3 is 10.1 Å². The van der Waals surface area contributed by atoms with Gasteiger partial charge >= 0.3 is 0 Å². The van der Waals surface area contributed by atoms with E-state index in [1.807, 2.05) is 24.3 Å². The maximum atomic E-state index is 11.3. The van der Waals surface area contributed by atoms with Crippen LogP contribution in [0.3, 0.4) is 0 Å². The Labute approximate surface area is 103 Å². The Morgan fingerprint density at radius 3 is 2.65 bits per heavy atom. The predicted molar refractivity (Wildman–Crippen MR) is 66.4 cm³/mol. The fourth-order valence-corrected chi connectivity index (χ4v) is 1.98. The highest BCUT2D eigenvalue weighted by Gasteiger charge is 2.20. The van der Waals surface area contributed by atoms with Crippen molar-refractivity contribution in [2.24, 2.45) is 0 Å². The van der Waals surface area contributed by atoms with E-state index in [1.54, 1.807) is 18.2 Å². The summed E-state index contributed by atoms with van der Waals surface area (Å²) in [5, 5.41) is 2.66. The molecule has 0 saturated carbocycles. The third-order valence-electron chi connectivity index (χ3n) is 2.60. The lowest BCUT2D eigenvalue weighted by Crippen LogP contribution is -2.06. The molecule has 1 N–H and O–H groups in total. The summed E-state index contributed by atoms with van der Waals surface area (Å²) >= 11 is 5.53. The normalized spacial score (nSPS) is 11.8. The third kappa shape index (κ3) is 1.65. The SMILES string of the molecule is O=C(Cl)c1cccc2c1Nc1ccccc1O2. The number of hydrogen-bond donors (Lipinski definition) is 1. The van der Waals surface area contributed by atoms with Crippen molar-refractivity contribution >= 4 is 28.2 Å². The molecule has 0 fully saturated rings. The van der Waals surface area contributed by atoms with Gasteiger partial charge in [-0.05, 0) is 35.9 Å². The van der Waals surface area contributed by atoms with Crippen LogP contribution < -0.4 is 10.1 Å². The van der Waals surface area contributed by atoms with Crippen LogP contribution in [0.15, 0.2) is 42.5 Å². The molecule has 4 heteroatoms. The molecule has 2 aromatic carbocycles. The zero-order valence-corrected chi connectivity index (χ0v) is 9.49. The highest BCUT2D eigenvalue weighted by Crippen LogP contribution is 2.43. The van der Waals surface area contributed by atoms with Crippen molar-refractivity contribution < 1.29 is 9.53 Å². The number of carbonyl (C=O) groups is 1. The Balaban J connectivity index is 2.15. The van der Waals surface area contributed by atoms with Crippen LogP contribution in [0.1, 0.15) is 10.4 Å². The van der Waals surface area contributed by atoms with Crippen LogP contribution in [0, 0.1) is 0 Å². The molecule has 84 valence electrons. The summed E-state index contributed by atoms with van der Waals surface area (Å²) in [7, 11) is 0. The van der Waals surface area contributed by atoms with Gasteiger partial charge in [-0.2, -0.15) is 0 Å². The van der Waals surface area contributed by atoms with Crippen LogP contribution in [0.5, 0.6) is 11.5 Å². The molecule has 1 aliphatic heterocycles. The Morgan fingerprint density at radius 1 is 1.06 bits per heavy atom. The van der Waals surface area contributed by atoms with E-state index in [2.05, 4.69) is 5.32 Å². The smallest absolute Gasteiger partial charge is 0.254 e. The van der Waals surface area contributed by atoms with E-state index in [0.717, 1.165) is 11.4 Å². The number of carbonyl (C=O) groups excluding carboxylic acids is 1. The quantitative estimate of drug-likeness (QED) is 0.661. The number of fused-ring (bicyclic) bond motifs is 2. The molecule has 0 aromatic heterocycles. The monoisotopic (exact) mass is 245 g/mol. The van der Waals surface area contributed by atoms with E-state index in [-0.39, 0.29) is 0 Å². The molecule has 0 amide bonds. The molecule has 0 atom stereocenters. The van der Waals surface area contributed by atoms with E-state index >= 15 is 0 Å². The molecule has 0 bridgehead atoms. The maximum absolute atomic E-state index is 11.3. The molecule has 1 aliphatic rings. The maximum Gasteiger partial charge on any atom is 0.254 e. The van der Waals surface area contributed by atoms with Crippen molar-refractivity contribution in [1.82, 2.24) is 0 Å². The summed E-state index contributed by atoms with van der Waals surface area (Å²) in [5.41, 5.74) is 1.86. The Kier molecular flexibility index (Phi) is 2.27. The Morgan fingerprint density at radius 2 is 1.82 bits per heavy atom. The predicted octanol–water partition coefficient (Wildman–Crippen LogP) is 3.91. The molecule has 17 heavy (non-hydrogen) atoms. The average molecular weight is 246 g/mol. The first-order valence-corrected chi connectivity index (χ1v) is 5.50. The second-order valence-corrected chi connectivity index (χ2v) is 4.02. The lowest BCUT2D eigenvalue weighted by molar-refractivity contribution is 0.108. The van der Waals surface area contributed by atoms with Crippen LogP contribution in [0.25, 0.3) is 0 Å². The fraction of sp³-hybridized carbons (Fsp3) is 0. The molecule has 0 unspecified atom stereocenters. The molecular formula is C13H8ClNO2. The second kappa shape index (κ2) is 3.79. The highest BCUT2D eigenvalue weighted by molar-refractivity contribution is 6.68. The molecule has 2 aromatic rings. The molecule has 0 spiro atoms. The topological polar surface area (TPSA) is 38.3 Å². The summed E-state index contributed by atoms with van der Waals surface area (Å²) in [6, 6.07) is 12.7. The Bertz CT molecular complexity index is 610. The van der Waals surface area contributed by atoms with Gasteiger partial charge in [-0.25, -0.2) is 0 Å². The number of ether oxygens (including phenoxy) is 1. The van der Waals surface area contributed by atoms with Crippen molar-refractivity contribution in [2.45, 2.75) is 0 Å². The average Bonchev–Trinajstić information content (AvgIpc) is 2.35. The number of halogens is 1. The number of anilines is 2.